The summed E-state index contributed by atoms with van der Waals surface area (Å²) in [5.41, 5.74) is 0. The van der Waals surface area contributed by atoms with Crippen LogP contribution in [0.15, 0.2) is 0 Å². The highest BCUT2D eigenvalue weighted by Crippen LogP contribution is 2.21. The van der Waals surface area contributed by atoms with Crippen molar-refractivity contribution in [2.75, 3.05) is 0 Å². The predicted octanol–water partition coefficient (Wildman–Crippen LogP) is -0.594. The fourth-order valence-electron chi connectivity index (χ4n) is 1.36. The SMILES string of the molecule is CC(=O)O[C@H]1CC(O)O[C@@H](C)[C@@H]1O. The average molecular weight is 190 g/mol. The molecule has 0 amide bonds. The average Bonchev–Trinajstić information content (AvgIpc) is 1.98. The number of carbonyl (C=O) groups excluding carboxylic acids is 1. The van der Waals surface area contributed by atoms with Gasteiger partial charge in [0.1, 0.15) is 12.2 Å². The lowest BCUT2D eigenvalue weighted by Crippen LogP contribution is -2.48. The van der Waals surface area contributed by atoms with Gasteiger partial charge in [-0.05, 0) is 6.92 Å². The van der Waals surface area contributed by atoms with E-state index in [2.05, 4.69) is 0 Å². The lowest BCUT2D eigenvalue weighted by atomic mass is 10.0. The van der Waals surface area contributed by atoms with Crippen molar-refractivity contribution in [1.29, 1.82) is 0 Å². The van der Waals surface area contributed by atoms with Crippen molar-refractivity contribution in [2.45, 2.75) is 44.9 Å². The normalized spacial score (nSPS) is 40.0. The van der Waals surface area contributed by atoms with Gasteiger partial charge >= 0.3 is 5.97 Å². The summed E-state index contributed by atoms with van der Waals surface area (Å²) in [4.78, 5) is 10.6. The summed E-state index contributed by atoms with van der Waals surface area (Å²) < 4.78 is 9.74. The molecule has 4 atom stereocenters. The molecule has 2 N–H and O–H groups in total. The maximum Gasteiger partial charge on any atom is 0.302 e. The third kappa shape index (κ3) is 2.65. The van der Waals surface area contributed by atoms with Crippen molar-refractivity contribution < 1.29 is 24.5 Å². The zero-order valence-corrected chi connectivity index (χ0v) is 7.64. The summed E-state index contributed by atoms with van der Waals surface area (Å²) in [5, 5.41) is 18.6. The van der Waals surface area contributed by atoms with Gasteiger partial charge in [-0.2, -0.15) is 0 Å². The second kappa shape index (κ2) is 4.04. The van der Waals surface area contributed by atoms with Crippen LogP contribution < -0.4 is 0 Å². The van der Waals surface area contributed by atoms with Crippen molar-refractivity contribution in [3.05, 3.63) is 0 Å². The minimum atomic E-state index is -0.970. The van der Waals surface area contributed by atoms with Crippen LogP contribution in [0.1, 0.15) is 20.3 Å². The molecule has 76 valence electrons. The van der Waals surface area contributed by atoms with Crippen LogP contribution in [-0.2, 0) is 14.3 Å². The van der Waals surface area contributed by atoms with Gasteiger partial charge in [-0.1, -0.05) is 0 Å². The molecule has 0 radical (unpaired) electrons. The van der Waals surface area contributed by atoms with E-state index >= 15 is 0 Å². The van der Waals surface area contributed by atoms with Crippen LogP contribution in [0.3, 0.4) is 0 Å². The van der Waals surface area contributed by atoms with E-state index in [9.17, 15) is 9.90 Å². The summed E-state index contributed by atoms with van der Waals surface area (Å²) in [6.45, 7) is 2.88. The molecule has 1 saturated heterocycles. The molecule has 1 aliphatic heterocycles. The molecule has 0 saturated carbocycles. The van der Waals surface area contributed by atoms with E-state index in [0.29, 0.717) is 0 Å². The number of hydrogen-bond acceptors (Lipinski definition) is 5. The van der Waals surface area contributed by atoms with Crippen LogP contribution in [0.25, 0.3) is 0 Å². The summed E-state index contributed by atoms with van der Waals surface area (Å²) in [6, 6.07) is 0. The standard InChI is InChI=1S/C8H14O5/c1-4-8(11)6(13-5(2)9)3-7(10)12-4/h4,6-8,10-11H,3H2,1-2H3/t4-,6-,7?,8-/m0/s1. The zero-order valence-electron chi connectivity index (χ0n) is 7.64. The van der Waals surface area contributed by atoms with E-state index in [1.165, 1.54) is 6.92 Å². The molecule has 0 aromatic rings. The van der Waals surface area contributed by atoms with Crippen molar-refractivity contribution in [3.63, 3.8) is 0 Å². The Kier molecular flexibility index (Phi) is 3.24. The monoisotopic (exact) mass is 190 g/mol. The first-order valence-electron chi connectivity index (χ1n) is 4.19. The fraction of sp³-hybridized carbons (Fsp3) is 0.875. The first-order valence-corrected chi connectivity index (χ1v) is 4.19. The van der Waals surface area contributed by atoms with Gasteiger partial charge in [0.05, 0.1) is 6.10 Å². The van der Waals surface area contributed by atoms with Crippen molar-refractivity contribution in [2.24, 2.45) is 0 Å². The largest absolute Gasteiger partial charge is 0.459 e. The van der Waals surface area contributed by atoms with Crippen LogP contribution in [0, 0.1) is 0 Å². The van der Waals surface area contributed by atoms with Gasteiger partial charge in [-0.15, -0.1) is 0 Å². The molecule has 1 rings (SSSR count). The van der Waals surface area contributed by atoms with E-state index in [-0.39, 0.29) is 6.42 Å². The molecule has 1 aliphatic rings. The van der Waals surface area contributed by atoms with E-state index in [4.69, 9.17) is 14.6 Å². The Bertz CT molecular complexity index is 193. The molecule has 0 aromatic heterocycles. The first-order chi connectivity index (χ1) is 6.00. The van der Waals surface area contributed by atoms with E-state index in [1.807, 2.05) is 0 Å². The van der Waals surface area contributed by atoms with Crippen LogP contribution in [0.5, 0.6) is 0 Å². The highest BCUT2D eigenvalue weighted by molar-refractivity contribution is 5.66. The Labute approximate surface area is 76.3 Å². The van der Waals surface area contributed by atoms with E-state index in [1.54, 1.807) is 6.92 Å². The molecule has 5 heteroatoms. The molecular formula is C8H14O5. The Hall–Kier alpha value is -0.650. The third-order valence-electron chi connectivity index (χ3n) is 1.98. The van der Waals surface area contributed by atoms with E-state index < -0.39 is 30.6 Å². The molecule has 0 spiro atoms. The topological polar surface area (TPSA) is 76.0 Å². The van der Waals surface area contributed by atoms with Gasteiger partial charge in [-0.3, -0.25) is 4.79 Å². The number of aliphatic hydroxyl groups excluding tert-OH is 2. The fourth-order valence-corrected chi connectivity index (χ4v) is 1.36. The predicted molar refractivity (Wildman–Crippen MR) is 42.7 cm³/mol. The maximum absolute atomic E-state index is 10.6. The minimum absolute atomic E-state index is 0.116. The minimum Gasteiger partial charge on any atom is -0.459 e. The van der Waals surface area contributed by atoms with Crippen molar-refractivity contribution in [1.82, 2.24) is 0 Å². The Morgan fingerprint density at radius 1 is 1.54 bits per heavy atom. The number of hydrogen-bond donors (Lipinski definition) is 2. The first kappa shape index (κ1) is 10.4. The number of rotatable bonds is 1. The number of ether oxygens (including phenoxy) is 2. The summed E-state index contributed by atoms with van der Waals surface area (Å²) in [6.07, 6.45) is -2.91. The molecule has 0 bridgehead atoms. The lowest BCUT2D eigenvalue weighted by molar-refractivity contribution is -0.233. The third-order valence-corrected chi connectivity index (χ3v) is 1.98. The Morgan fingerprint density at radius 2 is 2.15 bits per heavy atom. The van der Waals surface area contributed by atoms with Crippen molar-refractivity contribution >= 4 is 5.97 Å². The molecule has 1 unspecified atom stereocenters. The smallest absolute Gasteiger partial charge is 0.302 e. The highest BCUT2D eigenvalue weighted by Gasteiger charge is 2.36. The zero-order chi connectivity index (χ0) is 10.0. The molecule has 13 heavy (non-hydrogen) atoms. The molecule has 5 nitrogen and oxygen atoms in total. The summed E-state index contributed by atoms with van der Waals surface area (Å²) in [7, 11) is 0. The number of carbonyl (C=O) groups is 1. The molecular weight excluding hydrogens is 176 g/mol. The molecule has 0 aromatic carbocycles. The Balaban J connectivity index is 2.55. The van der Waals surface area contributed by atoms with Gasteiger partial charge in [-0.25, -0.2) is 0 Å². The molecule has 1 heterocycles. The quantitative estimate of drug-likeness (QED) is 0.540. The van der Waals surface area contributed by atoms with Gasteiger partial charge < -0.3 is 19.7 Å². The van der Waals surface area contributed by atoms with Gasteiger partial charge in [0.25, 0.3) is 0 Å². The Morgan fingerprint density at radius 3 is 2.69 bits per heavy atom. The number of aliphatic hydroxyl groups is 2. The molecule has 1 fully saturated rings. The van der Waals surface area contributed by atoms with Crippen LogP contribution in [-0.4, -0.2) is 40.8 Å². The van der Waals surface area contributed by atoms with Gasteiger partial charge in [0.2, 0.25) is 0 Å². The van der Waals surface area contributed by atoms with Gasteiger partial charge in [0, 0.05) is 13.3 Å². The van der Waals surface area contributed by atoms with Crippen molar-refractivity contribution in [3.8, 4) is 0 Å². The van der Waals surface area contributed by atoms with Crippen LogP contribution >= 0.6 is 0 Å². The highest BCUT2D eigenvalue weighted by atomic mass is 16.6. The maximum atomic E-state index is 10.6. The molecule has 0 aliphatic carbocycles. The van der Waals surface area contributed by atoms with Crippen LogP contribution in [0.2, 0.25) is 0 Å². The summed E-state index contributed by atoms with van der Waals surface area (Å²) >= 11 is 0. The van der Waals surface area contributed by atoms with Crippen LogP contribution in [0.4, 0.5) is 0 Å². The lowest BCUT2D eigenvalue weighted by Gasteiger charge is -2.34. The second-order valence-electron chi connectivity index (χ2n) is 3.17. The van der Waals surface area contributed by atoms with Gasteiger partial charge in [0.15, 0.2) is 6.29 Å². The number of esters is 1. The summed E-state index contributed by atoms with van der Waals surface area (Å²) in [5.74, 6) is -0.467. The van der Waals surface area contributed by atoms with E-state index in [0.717, 1.165) is 0 Å². The second-order valence-corrected chi connectivity index (χ2v) is 3.17.